The van der Waals surface area contributed by atoms with Gasteiger partial charge >= 0.3 is 0 Å². The standard InChI is InChI=1S/C20H20F2N4O2/c1-11-6-12(2)24-19(15(11)9-23)26-10-14(27)8-18(26)20(28)25(3)13-4-5-16(21)17(22)7-13/h4-7,14,18,27H,8,10H2,1-3H3. The molecule has 0 saturated carbocycles. The zero-order valence-electron chi connectivity index (χ0n) is 15.8. The highest BCUT2D eigenvalue weighted by atomic mass is 19.2. The predicted molar refractivity (Wildman–Crippen MR) is 100.0 cm³/mol. The summed E-state index contributed by atoms with van der Waals surface area (Å²) in [5.41, 5.74) is 1.95. The first-order valence-corrected chi connectivity index (χ1v) is 8.78. The number of nitrogens with zero attached hydrogens (tertiary/aromatic N) is 4. The van der Waals surface area contributed by atoms with E-state index >= 15 is 0 Å². The zero-order chi connectivity index (χ0) is 20.6. The van der Waals surface area contributed by atoms with Crippen LogP contribution in [0.15, 0.2) is 24.3 Å². The van der Waals surface area contributed by atoms with Crippen LogP contribution in [0.4, 0.5) is 20.3 Å². The maximum atomic E-state index is 13.6. The molecule has 0 aliphatic carbocycles. The molecule has 28 heavy (non-hydrogen) atoms. The van der Waals surface area contributed by atoms with Gasteiger partial charge in [0.1, 0.15) is 17.9 Å². The number of pyridine rings is 1. The first kappa shape index (κ1) is 19.7. The fourth-order valence-electron chi connectivity index (χ4n) is 3.49. The molecule has 1 aromatic carbocycles. The fraction of sp³-hybridized carbons (Fsp3) is 0.350. The smallest absolute Gasteiger partial charge is 0.249 e. The summed E-state index contributed by atoms with van der Waals surface area (Å²) in [6, 6.07) is 6.31. The lowest BCUT2D eigenvalue weighted by Crippen LogP contribution is -2.45. The number of aliphatic hydroxyl groups excluding tert-OH is 1. The lowest BCUT2D eigenvalue weighted by molar-refractivity contribution is -0.119. The van der Waals surface area contributed by atoms with E-state index in [2.05, 4.69) is 11.1 Å². The number of β-amino-alcohol motifs (C(OH)–C–C–N with tert-alkyl or cyclic N) is 1. The van der Waals surface area contributed by atoms with E-state index in [9.17, 15) is 23.9 Å². The van der Waals surface area contributed by atoms with E-state index < -0.39 is 29.7 Å². The Balaban J connectivity index is 1.97. The van der Waals surface area contributed by atoms with Crippen molar-refractivity contribution in [2.75, 3.05) is 23.4 Å². The van der Waals surface area contributed by atoms with Crippen LogP contribution in [0.25, 0.3) is 0 Å². The molecule has 1 fully saturated rings. The zero-order valence-corrected chi connectivity index (χ0v) is 15.8. The van der Waals surface area contributed by atoms with Gasteiger partial charge in [0, 0.05) is 37.5 Å². The molecular formula is C20H20F2N4O2. The molecule has 2 aromatic rings. The van der Waals surface area contributed by atoms with Crippen molar-refractivity contribution < 1.29 is 18.7 Å². The minimum atomic E-state index is -1.05. The molecule has 1 aliphatic rings. The number of anilines is 2. The van der Waals surface area contributed by atoms with Crippen LogP contribution in [0.5, 0.6) is 0 Å². The number of likely N-dealkylation sites (N-methyl/N-ethyl adjacent to an activating group) is 1. The fourth-order valence-corrected chi connectivity index (χ4v) is 3.49. The van der Waals surface area contributed by atoms with Crippen molar-refractivity contribution in [3.8, 4) is 6.07 Å². The molecule has 2 unspecified atom stereocenters. The summed E-state index contributed by atoms with van der Waals surface area (Å²) in [5, 5.41) is 19.7. The van der Waals surface area contributed by atoms with E-state index in [0.717, 1.165) is 17.7 Å². The number of nitriles is 1. The third kappa shape index (κ3) is 3.53. The molecule has 0 spiro atoms. The van der Waals surface area contributed by atoms with E-state index in [1.807, 2.05) is 0 Å². The van der Waals surface area contributed by atoms with Crippen molar-refractivity contribution in [2.24, 2.45) is 0 Å². The van der Waals surface area contributed by atoms with Gasteiger partial charge in [-0.3, -0.25) is 4.79 Å². The monoisotopic (exact) mass is 386 g/mol. The number of amides is 1. The molecule has 146 valence electrons. The molecule has 2 heterocycles. The minimum absolute atomic E-state index is 0.145. The maximum Gasteiger partial charge on any atom is 0.249 e. The van der Waals surface area contributed by atoms with E-state index in [0.29, 0.717) is 17.1 Å². The third-order valence-electron chi connectivity index (χ3n) is 4.89. The Morgan fingerprint density at radius 2 is 2.04 bits per heavy atom. The summed E-state index contributed by atoms with van der Waals surface area (Å²) in [6.07, 6.45) is -0.631. The van der Waals surface area contributed by atoms with Gasteiger partial charge in [-0.25, -0.2) is 13.8 Å². The van der Waals surface area contributed by atoms with E-state index in [-0.39, 0.29) is 18.7 Å². The molecule has 8 heteroatoms. The molecule has 1 N–H and O–H groups in total. The molecule has 1 aliphatic heterocycles. The molecule has 1 amide bonds. The average molecular weight is 386 g/mol. The summed E-state index contributed by atoms with van der Waals surface area (Å²) in [4.78, 5) is 20.3. The topological polar surface area (TPSA) is 80.5 Å². The number of aromatic nitrogens is 1. The number of carbonyl (C=O) groups is 1. The Labute approximate surface area is 161 Å². The van der Waals surface area contributed by atoms with Gasteiger partial charge in [0.05, 0.1) is 11.7 Å². The second-order valence-corrected chi connectivity index (χ2v) is 6.94. The van der Waals surface area contributed by atoms with Crippen molar-refractivity contribution >= 4 is 17.4 Å². The van der Waals surface area contributed by atoms with Crippen LogP contribution >= 0.6 is 0 Å². The number of benzene rings is 1. The van der Waals surface area contributed by atoms with Crippen molar-refractivity contribution in [3.63, 3.8) is 0 Å². The molecule has 1 saturated heterocycles. The Morgan fingerprint density at radius 3 is 2.68 bits per heavy atom. The van der Waals surface area contributed by atoms with Gasteiger partial charge in [-0.1, -0.05) is 0 Å². The first-order valence-electron chi connectivity index (χ1n) is 8.78. The molecule has 3 rings (SSSR count). The number of hydrogen-bond donors (Lipinski definition) is 1. The van der Waals surface area contributed by atoms with Crippen LogP contribution in [0.3, 0.4) is 0 Å². The number of carbonyl (C=O) groups excluding carboxylic acids is 1. The van der Waals surface area contributed by atoms with E-state index in [1.165, 1.54) is 18.0 Å². The van der Waals surface area contributed by atoms with Gasteiger partial charge in [0.25, 0.3) is 0 Å². The summed E-state index contributed by atoms with van der Waals surface area (Å²) < 4.78 is 26.8. The lowest BCUT2D eigenvalue weighted by atomic mass is 10.1. The Morgan fingerprint density at radius 1 is 1.32 bits per heavy atom. The third-order valence-corrected chi connectivity index (χ3v) is 4.89. The highest BCUT2D eigenvalue weighted by molar-refractivity contribution is 5.99. The highest BCUT2D eigenvalue weighted by Crippen LogP contribution is 2.31. The molecule has 1 aromatic heterocycles. The summed E-state index contributed by atoms with van der Waals surface area (Å²) >= 11 is 0. The minimum Gasteiger partial charge on any atom is -0.391 e. The Bertz CT molecular complexity index is 973. The second-order valence-electron chi connectivity index (χ2n) is 6.94. The van der Waals surface area contributed by atoms with E-state index in [1.54, 1.807) is 24.8 Å². The van der Waals surface area contributed by atoms with Gasteiger partial charge < -0.3 is 14.9 Å². The largest absolute Gasteiger partial charge is 0.391 e. The maximum absolute atomic E-state index is 13.6. The molecule has 0 bridgehead atoms. The number of rotatable bonds is 3. The Hall–Kier alpha value is -3.05. The number of aryl methyl sites for hydroxylation is 2. The van der Waals surface area contributed by atoms with Crippen LogP contribution < -0.4 is 9.80 Å². The van der Waals surface area contributed by atoms with Crippen LogP contribution in [0.2, 0.25) is 0 Å². The first-order chi connectivity index (χ1) is 13.2. The van der Waals surface area contributed by atoms with Crippen LogP contribution in [0.1, 0.15) is 23.2 Å². The van der Waals surface area contributed by atoms with E-state index in [4.69, 9.17) is 0 Å². The summed E-state index contributed by atoms with van der Waals surface area (Å²) in [5.74, 6) is -2.12. The Kier molecular flexibility index (Phi) is 5.29. The van der Waals surface area contributed by atoms with Crippen molar-refractivity contribution in [1.82, 2.24) is 4.98 Å². The van der Waals surface area contributed by atoms with Gasteiger partial charge in [0.2, 0.25) is 5.91 Å². The quantitative estimate of drug-likeness (QED) is 0.877. The van der Waals surface area contributed by atoms with Gasteiger partial charge in [0.15, 0.2) is 11.6 Å². The number of aliphatic hydroxyl groups is 1. The van der Waals surface area contributed by atoms with Gasteiger partial charge in [-0.2, -0.15) is 5.26 Å². The molecule has 2 atom stereocenters. The van der Waals surface area contributed by atoms with Crippen molar-refractivity contribution in [2.45, 2.75) is 32.4 Å². The van der Waals surface area contributed by atoms with Crippen molar-refractivity contribution in [3.05, 3.63) is 52.7 Å². The SMILES string of the molecule is Cc1cc(C)c(C#N)c(N2CC(O)CC2C(=O)N(C)c2ccc(F)c(F)c2)n1. The highest BCUT2D eigenvalue weighted by Gasteiger charge is 2.39. The van der Waals surface area contributed by atoms with Gasteiger partial charge in [-0.15, -0.1) is 0 Å². The summed E-state index contributed by atoms with van der Waals surface area (Å²) in [7, 11) is 1.46. The summed E-state index contributed by atoms with van der Waals surface area (Å²) in [6.45, 7) is 3.72. The van der Waals surface area contributed by atoms with Crippen molar-refractivity contribution in [1.29, 1.82) is 5.26 Å². The second kappa shape index (κ2) is 7.52. The predicted octanol–water partition coefficient (Wildman–Crippen LogP) is 2.45. The van der Waals surface area contributed by atoms with Crippen LogP contribution in [-0.4, -0.2) is 41.7 Å². The van der Waals surface area contributed by atoms with Crippen LogP contribution in [0, 0.1) is 36.8 Å². The molecular weight excluding hydrogens is 366 g/mol. The number of halogens is 2. The lowest BCUT2D eigenvalue weighted by Gasteiger charge is -2.29. The molecule has 6 nitrogen and oxygen atoms in total. The number of hydrogen-bond acceptors (Lipinski definition) is 5. The normalized spacial score (nSPS) is 18.8. The van der Waals surface area contributed by atoms with Gasteiger partial charge in [-0.05, 0) is 37.6 Å². The average Bonchev–Trinajstić information content (AvgIpc) is 3.03. The molecule has 0 radical (unpaired) electrons. The van der Waals surface area contributed by atoms with Crippen LogP contribution in [-0.2, 0) is 4.79 Å².